The molecule has 2 aromatic rings. The van der Waals surface area contributed by atoms with E-state index in [-0.39, 0.29) is 39.0 Å². The molecule has 2 heterocycles. The Morgan fingerprint density at radius 3 is 2.46 bits per heavy atom. The number of aromatic nitrogens is 1. The van der Waals surface area contributed by atoms with Crippen molar-refractivity contribution in [1.82, 2.24) is 9.47 Å². The van der Waals surface area contributed by atoms with Crippen LogP contribution in [0.4, 0.5) is 0 Å². The van der Waals surface area contributed by atoms with E-state index in [4.69, 9.17) is 9.47 Å². The molecule has 11 heteroatoms. The predicted molar refractivity (Wildman–Crippen MR) is 122 cm³/mol. The van der Waals surface area contributed by atoms with Gasteiger partial charge < -0.3 is 19.6 Å². The number of ketones is 1. The molecule has 2 amide bonds. The average Bonchev–Trinajstić information content (AvgIpc) is 3.15. The topological polar surface area (TPSA) is 148 Å². The molecule has 1 unspecified atom stereocenters. The Bertz CT molecular complexity index is 1260. The molecular weight excluding hydrogens is 456 g/mol. The third kappa shape index (κ3) is 4.50. The van der Waals surface area contributed by atoms with E-state index in [0.717, 1.165) is 15.8 Å². The minimum absolute atomic E-state index is 0.0259. The highest BCUT2D eigenvalue weighted by Gasteiger charge is 2.63. The molecule has 1 fully saturated rings. The van der Waals surface area contributed by atoms with Crippen LogP contribution in [0.2, 0.25) is 0 Å². The van der Waals surface area contributed by atoms with Crippen molar-refractivity contribution in [3.8, 4) is 0 Å². The zero-order chi connectivity index (χ0) is 25.8. The Kier molecular flexibility index (Phi) is 7.61. The summed E-state index contributed by atoms with van der Waals surface area (Å²) in [4.78, 5) is 68.9. The van der Waals surface area contributed by atoms with E-state index in [1.165, 1.54) is 13.8 Å². The Hall–Kier alpha value is -4.11. The molecule has 1 aromatic carbocycles. The summed E-state index contributed by atoms with van der Waals surface area (Å²) in [6, 6.07) is 7.44. The van der Waals surface area contributed by atoms with E-state index in [1.807, 2.05) is 35.9 Å². The molecule has 0 spiro atoms. The molecule has 0 saturated carbocycles. The number of hydrogen-bond donors (Lipinski definition) is 0. The van der Waals surface area contributed by atoms with Crippen LogP contribution >= 0.6 is 0 Å². The number of Topliss-reactive ketones (excluding diaryl/α,β-unsaturated/α-hetero) is 1. The van der Waals surface area contributed by atoms with Crippen LogP contribution < -0.4 is 0 Å². The third-order valence-electron chi connectivity index (χ3n) is 5.96. The summed E-state index contributed by atoms with van der Waals surface area (Å²) in [6.07, 6.45) is 1.40. The van der Waals surface area contributed by atoms with E-state index >= 15 is 0 Å². The van der Waals surface area contributed by atoms with Crippen molar-refractivity contribution in [1.29, 1.82) is 0 Å². The Morgan fingerprint density at radius 1 is 1.11 bits per heavy atom. The number of ether oxygens (including phenoxy) is 2. The molecule has 184 valence electrons. The van der Waals surface area contributed by atoms with E-state index in [2.05, 4.69) is 4.79 Å². The number of imide groups is 1. The van der Waals surface area contributed by atoms with Crippen molar-refractivity contribution in [2.45, 2.75) is 33.1 Å². The molecule has 0 N–H and O–H groups in total. The SMILES string of the molecule is CCOC(=O)C(=[N+]=[N-])C(=O)C1(C(=O)OCC)CCCN(C(=O)Cc2cn(C)c3ccccc23)C1=O. The number of esters is 2. The van der Waals surface area contributed by atoms with Gasteiger partial charge in [0, 0.05) is 30.7 Å². The molecule has 35 heavy (non-hydrogen) atoms. The zero-order valence-corrected chi connectivity index (χ0v) is 19.8. The van der Waals surface area contributed by atoms with Gasteiger partial charge in [0.05, 0.1) is 19.6 Å². The first-order valence-electron chi connectivity index (χ1n) is 11.2. The second-order valence-corrected chi connectivity index (χ2v) is 8.04. The van der Waals surface area contributed by atoms with Gasteiger partial charge in [-0.05, 0) is 38.3 Å². The fraction of sp³-hybridized carbons (Fsp3) is 0.417. The lowest BCUT2D eigenvalue weighted by Crippen LogP contribution is -2.61. The second kappa shape index (κ2) is 10.4. The summed E-state index contributed by atoms with van der Waals surface area (Å²) < 4.78 is 11.6. The van der Waals surface area contributed by atoms with Crippen molar-refractivity contribution in [3.63, 3.8) is 0 Å². The van der Waals surface area contributed by atoms with E-state index < -0.39 is 40.7 Å². The lowest BCUT2D eigenvalue weighted by atomic mass is 9.73. The number of hydrogen-bond acceptors (Lipinski definition) is 7. The van der Waals surface area contributed by atoms with Gasteiger partial charge in [0.25, 0.3) is 11.7 Å². The summed E-state index contributed by atoms with van der Waals surface area (Å²) in [5.41, 5.74) is 7.24. The second-order valence-electron chi connectivity index (χ2n) is 8.04. The van der Waals surface area contributed by atoms with Crippen LogP contribution in [0.3, 0.4) is 0 Å². The molecule has 3 rings (SSSR count). The van der Waals surface area contributed by atoms with Gasteiger partial charge in [-0.3, -0.25) is 24.1 Å². The molecule has 1 aliphatic heterocycles. The molecule has 0 radical (unpaired) electrons. The van der Waals surface area contributed by atoms with Gasteiger partial charge in [-0.25, -0.2) is 4.79 Å². The van der Waals surface area contributed by atoms with Crippen LogP contribution in [0.1, 0.15) is 32.3 Å². The summed E-state index contributed by atoms with van der Waals surface area (Å²) in [5.74, 6) is -5.63. The standard InChI is InChI=1S/C24H26N4O7/c1-4-34-21(31)19(26-25)20(30)24(23(33)35-5-2)11-8-12-28(22(24)32)18(29)13-15-14-27(3)17-10-7-6-9-16(15)17/h6-7,9-10,14H,4-5,8,11-13H2,1-3H3. The maximum atomic E-state index is 13.6. The summed E-state index contributed by atoms with van der Waals surface area (Å²) in [6.45, 7) is 2.64. The zero-order valence-electron chi connectivity index (χ0n) is 19.8. The quantitative estimate of drug-likeness (QED) is 0.181. The van der Waals surface area contributed by atoms with Gasteiger partial charge in [-0.1, -0.05) is 18.2 Å². The monoisotopic (exact) mass is 482 g/mol. The van der Waals surface area contributed by atoms with Crippen LogP contribution in [-0.2, 0) is 46.9 Å². The Morgan fingerprint density at radius 2 is 1.80 bits per heavy atom. The maximum absolute atomic E-state index is 13.6. The average molecular weight is 482 g/mol. The Labute approximate surface area is 201 Å². The number of amides is 2. The molecule has 1 aromatic heterocycles. The number of carbonyl (C=O) groups is 5. The van der Waals surface area contributed by atoms with Gasteiger partial charge in [0.15, 0.2) is 0 Å². The molecule has 1 aliphatic rings. The summed E-state index contributed by atoms with van der Waals surface area (Å²) >= 11 is 0. The number of piperidine rings is 1. The highest BCUT2D eigenvalue weighted by atomic mass is 16.5. The largest absolute Gasteiger partial charge is 0.465 e. The minimum Gasteiger partial charge on any atom is -0.465 e. The van der Waals surface area contributed by atoms with Crippen LogP contribution in [-0.4, -0.2) is 69.3 Å². The normalized spacial score (nSPS) is 17.6. The first kappa shape index (κ1) is 25.5. The first-order valence-corrected chi connectivity index (χ1v) is 11.2. The summed E-state index contributed by atoms with van der Waals surface area (Å²) in [5, 5.41) is 0.831. The van der Waals surface area contributed by atoms with Crippen LogP contribution in [0, 0.1) is 5.41 Å². The number of likely N-dealkylation sites (tertiary alicyclic amines) is 1. The minimum atomic E-state index is -2.54. The number of fused-ring (bicyclic) bond motifs is 1. The van der Waals surface area contributed by atoms with Crippen LogP contribution in [0.15, 0.2) is 30.5 Å². The van der Waals surface area contributed by atoms with Crippen molar-refractivity contribution in [2.24, 2.45) is 12.5 Å². The van der Waals surface area contributed by atoms with Crippen LogP contribution in [0.5, 0.6) is 0 Å². The number of nitrogens with zero attached hydrogens (tertiary/aromatic N) is 4. The Balaban J connectivity index is 1.99. The predicted octanol–water partition coefficient (Wildman–Crippen LogP) is 1.22. The fourth-order valence-corrected chi connectivity index (χ4v) is 4.33. The van der Waals surface area contributed by atoms with Gasteiger partial charge in [-0.15, -0.1) is 0 Å². The lowest BCUT2D eigenvalue weighted by molar-refractivity contribution is -0.172. The number of aryl methyl sites for hydroxylation is 1. The summed E-state index contributed by atoms with van der Waals surface area (Å²) in [7, 11) is 1.83. The van der Waals surface area contributed by atoms with E-state index in [0.29, 0.717) is 5.56 Å². The van der Waals surface area contributed by atoms with E-state index in [1.54, 1.807) is 6.20 Å². The molecule has 0 aliphatic carbocycles. The highest BCUT2D eigenvalue weighted by Crippen LogP contribution is 2.35. The van der Waals surface area contributed by atoms with Gasteiger partial charge in [-0.2, -0.15) is 4.79 Å². The van der Waals surface area contributed by atoms with E-state index in [9.17, 15) is 29.5 Å². The molecule has 0 bridgehead atoms. The third-order valence-corrected chi connectivity index (χ3v) is 5.96. The molecule has 1 atom stereocenters. The van der Waals surface area contributed by atoms with Crippen molar-refractivity contribution in [3.05, 3.63) is 41.6 Å². The van der Waals surface area contributed by atoms with Gasteiger partial charge in [0.1, 0.15) is 0 Å². The molecular formula is C24H26N4O7. The number of benzene rings is 1. The molecule has 11 nitrogen and oxygen atoms in total. The van der Waals surface area contributed by atoms with Crippen molar-refractivity contribution in [2.75, 3.05) is 19.8 Å². The number of rotatable bonds is 8. The van der Waals surface area contributed by atoms with Gasteiger partial charge >= 0.3 is 17.7 Å². The maximum Gasteiger partial charge on any atom is 0.443 e. The van der Waals surface area contributed by atoms with Gasteiger partial charge in [0.2, 0.25) is 11.3 Å². The van der Waals surface area contributed by atoms with Crippen molar-refractivity contribution < 1.29 is 38.2 Å². The smallest absolute Gasteiger partial charge is 0.443 e. The first-order chi connectivity index (χ1) is 16.7. The lowest BCUT2D eigenvalue weighted by Gasteiger charge is -2.36. The molecule has 1 saturated heterocycles. The fourth-order valence-electron chi connectivity index (χ4n) is 4.33. The highest BCUT2D eigenvalue weighted by molar-refractivity contribution is 6.66. The number of carbonyl (C=O) groups excluding carboxylic acids is 5. The van der Waals surface area contributed by atoms with Crippen molar-refractivity contribution >= 4 is 46.2 Å². The number of para-hydroxylation sites is 1. The van der Waals surface area contributed by atoms with Crippen LogP contribution in [0.25, 0.3) is 16.4 Å².